The van der Waals surface area contributed by atoms with Gasteiger partial charge in [-0.25, -0.2) is 4.79 Å². The second kappa shape index (κ2) is 4.49. The summed E-state index contributed by atoms with van der Waals surface area (Å²) < 4.78 is 1.70. The van der Waals surface area contributed by atoms with Crippen molar-refractivity contribution in [3.05, 3.63) is 28.7 Å². The topological polar surface area (TPSA) is 61.3 Å². The van der Waals surface area contributed by atoms with Crippen molar-refractivity contribution in [3.8, 4) is 5.75 Å². The van der Waals surface area contributed by atoms with Crippen molar-refractivity contribution in [2.75, 3.05) is 19.6 Å². The lowest BCUT2D eigenvalue weighted by atomic mass is 10.3. The number of benzene rings is 1. The number of rotatable bonds is 3. The zero-order valence-corrected chi connectivity index (χ0v) is 10.2. The number of phenols is 1. The van der Waals surface area contributed by atoms with E-state index in [9.17, 15) is 9.90 Å². The second-order valence-corrected chi connectivity index (χ2v) is 4.80. The molecule has 1 aliphatic rings. The maximum absolute atomic E-state index is 11.9. The van der Waals surface area contributed by atoms with E-state index in [1.54, 1.807) is 16.7 Å². The van der Waals surface area contributed by atoms with Gasteiger partial charge in [0, 0.05) is 13.1 Å². The normalized spacial score (nSPS) is 16.7. The van der Waals surface area contributed by atoms with Gasteiger partial charge in [-0.3, -0.25) is 4.57 Å². The summed E-state index contributed by atoms with van der Waals surface area (Å²) in [7, 11) is 0. The van der Waals surface area contributed by atoms with E-state index in [2.05, 4.69) is 9.88 Å². The molecule has 2 N–H and O–H groups in total. The van der Waals surface area contributed by atoms with Crippen LogP contribution in [0.2, 0.25) is 0 Å². The fourth-order valence-corrected chi connectivity index (χ4v) is 2.63. The quantitative estimate of drug-likeness (QED) is 0.854. The molecular formula is C13H17N3O2. The summed E-state index contributed by atoms with van der Waals surface area (Å²) in [6, 6.07) is 5.21. The van der Waals surface area contributed by atoms with Crippen molar-refractivity contribution in [2.24, 2.45) is 0 Å². The van der Waals surface area contributed by atoms with Gasteiger partial charge in [-0.1, -0.05) is 6.07 Å². The monoisotopic (exact) mass is 247 g/mol. The molecule has 5 nitrogen and oxygen atoms in total. The zero-order valence-electron chi connectivity index (χ0n) is 10.2. The molecule has 2 heterocycles. The van der Waals surface area contributed by atoms with Crippen LogP contribution in [0.5, 0.6) is 5.75 Å². The minimum Gasteiger partial charge on any atom is -0.506 e. The van der Waals surface area contributed by atoms with E-state index in [0.717, 1.165) is 25.2 Å². The number of fused-ring (bicyclic) bond motifs is 1. The molecule has 0 radical (unpaired) electrons. The van der Waals surface area contributed by atoms with E-state index in [1.165, 1.54) is 12.8 Å². The Kier molecular flexibility index (Phi) is 2.83. The fourth-order valence-electron chi connectivity index (χ4n) is 2.63. The molecular weight excluding hydrogens is 230 g/mol. The predicted octanol–water partition coefficient (Wildman–Crippen LogP) is 1.13. The maximum atomic E-state index is 11.9. The van der Waals surface area contributed by atoms with Crippen LogP contribution in [0.1, 0.15) is 12.8 Å². The van der Waals surface area contributed by atoms with Crippen LogP contribution < -0.4 is 5.69 Å². The lowest BCUT2D eigenvalue weighted by Crippen LogP contribution is -2.28. The average Bonchev–Trinajstić information content (AvgIpc) is 2.95. The highest BCUT2D eigenvalue weighted by molar-refractivity contribution is 5.81. The number of imidazole rings is 1. The predicted molar refractivity (Wildman–Crippen MR) is 69.9 cm³/mol. The van der Waals surface area contributed by atoms with Crippen molar-refractivity contribution in [2.45, 2.75) is 19.4 Å². The van der Waals surface area contributed by atoms with Gasteiger partial charge in [-0.15, -0.1) is 0 Å². The largest absolute Gasteiger partial charge is 0.506 e. The number of nitrogens with zero attached hydrogens (tertiary/aromatic N) is 2. The van der Waals surface area contributed by atoms with Crippen molar-refractivity contribution >= 4 is 11.0 Å². The number of aromatic hydroxyl groups is 1. The molecule has 0 spiro atoms. The Bertz CT molecular complexity index is 608. The lowest BCUT2D eigenvalue weighted by molar-refractivity contribution is 0.322. The smallest absolute Gasteiger partial charge is 0.326 e. The highest BCUT2D eigenvalue weighted by Gasteiger charge is 2.13. The Balaban J connectivity index is 1.89. The van der Waals surface area contributed by atoms with Crippen molar-refractivity contribution in [3.63, 3.8) is 0 Å². The number of phenolic OH excluding ortho intramolecular Hbond substituents is 1. The Morgan fingerprint density at radius 1 is 1.22 bits per heavy atom. The third-order valence-corrected chi connectivity index (χ3v) is 3.63. The van der Waals surface area contributed by atoms with Gasteiger partial charge in [0.2, 0.25) is 0 Å². The van der Waals surface area contributed by atoms with Crippen LogP contribution >= 0.6 is 0 Å². The number of para-hydroxylation sites is 1. The van der Waals surface area contributed by atoms with E-state index in [0.29, 0.717) is 12.1 Å². The van der Waals surface area contributed by atoms with E-state index < -0.39 is 0 Å². The maximum Gasteiger partial charge on any atom is 0.326 e. The number of nitrogens with one attached hydrogen (secondary N) is 1. The van der Waals surface area contributed by atoms with Crippen LogP contribution in [0, 0.1) is 0 Å². The SMILES string of the molecule is O=c1[nH]c2c(O)cccc2n1CCN1CCCC1. The van der Waals surface area contributed by atoms with Gasteiger partial charge in [0.1, 0.15) is 11.3 Å². The molecule has 1 saturated heterocycles. The van der Waals surface area contributed by atoms with E-state index in [-0.39, 0.29) is 11.4 Å². The van der Waals surface area contributed by atoms with Gasteiger partial charge in [0.05, 0.1) is 5.52 Å². The minimum atomic E-state index is -0.148. The average molecular weight is 247 g/mol. The number of hydrogen-bond donors (Lipinski definition) is 2. The molecule has 0 atom stereocenters. The first kappa shape index (κ1) is 11.3. The van der Waals surface area contributed by atoms with Gasteiger partial charge in [-0.2, -0.15) is 0 Å². The van der Waals surface area contributed by atoms with Crippen molar-refractivity contribution in [1.82, 2.24) is 14.5 Å². The van der Waals surface area contributed by atoms with Gasteiger partial charge in [0.15, 0.2) is 0 Å². The molecule has 96 valence electrons. The second-order valence-electron chi connectivity index (χ2n) is 4.80. The zero-order chi connectivity index (χ0) is 12.5. The molecule has 2 aromatic rings. The molecule has 0 aliphatic carbocycles. The van der Waals surface area contributed by atoms with Crippen LogP contribution in [0.25, 0.3) is 11.0 Å². The number of aromatic nitrogens is 2. The first-order chi connectivity index (χ1) is 8.75. The first-order valence-corrected chi connectivity index (χ1v) is 6.38. The van der Waals surface area contributed by atoms with Gasteiger partial charge < -0.3 is 15.0 Å². The van der Waals surface area contributed by atoms with Gasteiger partial charge in [-0.05, 0) is 38.1 Å². The van der Waals surface area contributed by atoms with Gasteiger partial charge in [0.25, 0.3) is 0 Å². The van der Waals surface area contributed by atoms with E-state index in [4.69, 9.17) is 0 Å². The van der Waals surface area contributed by atoms with Crippen LogP contribution in [-0.2, 0) is 6.54 Å². The Morgan fingerprint density at radius 3 is 2.78 bits per heavy atom. The van der Waals surface area contributed by atoms with E-state index >= 15 is 0 Å². The molecule has 1 aliphatic heterocycles. The summed E-state index contributed by atoms with van der Waals surface area (Å²) in [4.78, 5) is 17.0. The summed E-state index contributed by atoms with van der Waals surface area (Å²) in [5.74, 6) is 0.129. The molecule has 3 rings (SSSR count). The third kappa shape index (κ3) is 1.90. The summed E-state index contributed by atoms with van der Waals surface area (Å²) in [6.45, 7) is 3.81. The molecule has 0 amide bonds. The summed E-state index contributed by atoms with van der Waals surface area (Å²) in [6.07, 6.45) is 2.51. The Labute approximate surface area is 105 Å². The standard InChI is InChI=1S/C13H17N3O2/c17-11-5-3-4-10-12(11)14-13(18)16(10)9-8-15-6-1-2-7-15/h3-5,17H,1-2,6-9H2,(H,14,18). The Hall–Kier alpha value is -1.75. The highest BCUT2D eigenvalue weighted by Crippen LogP contribution is 2.20. The summed E-state index contributed by atoms with van der Waals surface area (Å²) in [5.41, 5.74) is 1.16. The molecule has 0 bridgehead atoms. The summed E-state index contributed by atoms with van der Waals surface area (Å²) in [5, 5.41) is 9.69. The summed E-state index contributed by atoms with van der Waals surface area (Å²) >= 11 is 0. The van der Waals surface area contributed by atoms with Crippen LogP contribution in [0.15, 0.2) is 23.0 Å². The highest BCUT2D eigenvalue weighted by atomic mass is 16.3. The van der Waals surface area contributed by atoms with Crippen molar-refractivity contribution in [1.29, 1.82) is 0 Å². The fraction of sp³-hybridized carbons (Fsp3) is 0.462. The molecule has 1 fully saturated rings. The number of hydrogen-bond acceptors (Lipinski definition) is 3. The van der Waals surface area contributed by atoms with Gasteiger partial charge >= 0.3 is 5.69 Å². The Morgan fingerprint density at radius 2 is 2.00 bits per heavy atom. The molecule has 1 aromatic carbocycles. The van der Waals surface area contributed by atoms with Crippen LogP contribution in [0.3, 0.4) is 0 Å². The van der Waals surface area contributed by atoms with Crippen LogP contribution in [0.4, 0.5) is 0 Å². The third-order valence-electron chi connectivity index (χ3n) is 3.63. The van der Waals surface area contributed by atoms with E-state index in [1.807, 2.05) is 6.07 Å². The molecule has 1 aromatic heterocycles. The molecule has 18 heavy (non-hydrogen) atoms. The van der Waals surface area contributed by atoms with Crippen molar-refractivity contribution < 1.29 is 5.11 Å². The first-order valence-electron chi connectivity index (χ1n) is 6.38. The number of likely N-dealkylation sites (tertiary alicyclic amines) is 1. The number of H-pyrrole nitrogens is 1. The minimum absolute atomic E-state index is 0.129. The van der Waals surface area contributed by atoms with Crippen LogP contribution in [-0.4, -0.2) is 39.2 Å². The molecule has 5 heteroatoms. The number of aromatic amines is 1. The molecule has 0 unspecified atom stereocenters. The molecule has 0 saturated carbocycles. The lowest BCUT2D eigenvalue weighted by Gasteiger charge is -2.14.